The molecule has 0 bridgehead atoms. The molecule has 1 aliphatic rings. The molecule has 86 valence electrons. The highest BCUT2D eigenvalue weighted by atomic mass is 16.2. The van der Waals surface area contributed by atoms with Crippen LogP contribution < -0.4 is 5.73 Å². The number of nitrogens with two attached hydrogens (primary N) is 1. The molecule has 2 N–H and O–H groups in total. The summed E-state index contributed by atoms with van der Waals surface area (Å²) >= 11 is 0. The van der Waals surface area contributed by atoms with E-state index in [1.807, 2.05) is 6.92 Å². The molecule has 0 aliphatic carbocycles. The molecule has 0 aromatic carbocycles. The van der Waals surface area contributed by atoms with Crippen molar-refractivity contribution in [3.63, 3.8) is 0 Å². The maximum atomic E-state index is 11.7. The predicted molar refractivity (Wildman–Crippen MR) is 58.0 cm³/mol. The van der Waals surface area contributed by atoms with Gasteiger partial charge in [-0.25, -0.2) is 0 Å². The summed E-state index contributed by atoms with van der Waals surface area (Å²) in [6.45, 7) is 4.70. The molecule has 1 unspecified atom stereocenters. The number of nitrogens with zero attached hydrogens (tertiary/aromatic N) is 1. The number of carbonyl (C=O) groups is 2. The van der Waals surface area contributed by atoms with E-state index in [-0.39, 0.29) is 11.8 Å². The van der Waals surface area contributed by atoms with E-state index >= 15 is 0 Å². The van der Waals surface area contributed by atoms with Crippen molar-refractivity contribution in [1.29, 1.82) is 0 Å². The summed E-state index contributed by atoms with van der Waals surface area (Å²) in [5.74, 6) is 0.109. The summed E-state index contributed by atoms with van der Waals surface area (Å²) in [4.78, 5) is 24.5. The van der Waals surface area contributed by atoms with Gasteiger partial charge in [0.25, 0.3) is 0 Å². The normalized spacial score (nSPS) is 23.2. The van der Waals surface area contributed by atoms with Crippen molar-refractivity contribution in [3.8, 4) is 0 Å². The Kier molecular flexibility index (Phi) is 4.12. The molecule has 0 aromatic rings. The Hall–Kier alpha value is -1.06. The van der Waals surface area contributed by atoms with Crippen molar-refractivity contribution in [3.05, 3.63) is 0 Å². The molecule has 1 aliphatic heterocycles. The van der Waals surface area contributed by atoms with Crippen LogP contribution in [-0.4, -0.2) is 29.3 Å². The number of amides is 2. The lowest BCUT2D eigenvalue weighted by molar-refractivity contribution is -0.136. The third kappa shape index (κ3) is 2.70. The van der Waals surface area contributed by atoms with Crippen molar-refractivity contribution >= 4 is 11.8 Å². The number of hydrogen-bond donors (Lipinski definition) is 1. The molecule has 4 heteroatoms. The van der Waals surface area contributed by atoms with Crippen LogP contribution in [0.25, 0.3) is 0 Å². The fourth-order valence-electron chi connectivity index (χ4n) is 2.29. The van der Waals surface area contributed by atoms with Crippen LogP contribution in [0.2, 0.25) is 0 Å². The van der Waals surface area contributed by atoms with Gasteiger partial charge >= 0.3 is 0 Å². The Labute approximate surface area is 90.8 Å². The molecule has 0 radical (unpaired) electrons. The number of primary amides is 1. The highest BCUT2D eigenvalue weighted by molar-refractivity contribution is 5.87. The summed E-state index contributed by atoms with van der Waals surface area (Å²) in [6, 6.07) is -0.403. The second kappa shape index (κ2) is 5.14. The fraction of sp³-hybridized carbons (Fsp3) is 0.818. The van der Waals surface area contributed by atoms with Crippen LogP contribution in [0.5, 0.6) is 0 Å². The highest BCUT2D eigenvalue weighted by Crippen LogP contribution is 2.24. The van der Waals surface area contributed by atoms with Gasteiger partial charge < -0.3 is 10.6 Å². The Morgan fingerprint density at radius 2 is 2.27 bits per heavy atom. The summed E-state index contributed by atoms with van der Waals surface area (Å²) in [6.07, 6.45) is 3.33. The average Bonchev–Trinajstić information content (AvgIpc) is 2.49. The molecule has 4 nitrogen and oxygen atoms in total. The van der Waals surface area contributed by atoms with Crippen molar-refractivity contribution in [2.24, 2.45) is 11.7 Å². The molecule has 2 amide bonds. The van der Waals surface area contributed by atoms with Crippen molar-refractivity contribution in [2.75, 3.05) is 6.54 Å². The zero-order valence-corrected chi connectivity index (χ0v) is 9.53. The van der Waals surface area contributed by atoms with Crippen LogP contribution >= 0.6 is 0 Å². The van der Waals surface area contributed by atoms with Crippen molar-refractivity contribution in [1.82, 2.24) is 4.90 Å². The third-order valence-corrected chi connectivity index (χ3v) is 3.03. The summed E-state index contributed by atoms with van der Waals surface area (Å²) in [5.41, 5.74) is 5.28. The van der Waals surface area contributed by atoms with Gasteiger partial charge in [-0.1, -0.05) is 20.3 Å². The van der Waals surface area contributed by atoms with Gasteiger partial charge in [0, 0.05) is 13.0 Å². The van der Waals surface area contributed by atoms with E-state index in [0.717, 1.165) is 12.8 Å². The average molecular weight is 212 g/mol. The van der Waals surface area contributed by atoms with E-state index in [1.54, 1.807) is 4.90 Å². The molecule has 15 heavy (non-hydrogen) atoms. The third-order valence-electron chi connectivity index (χ3n) is 3.03. The van der Waals surface area contributed by atoms with Gasteiger partial charge in [0.1, 0.15) is 6.04 Å². The lowest BCUT2D eigenvalue weighted by atomic mass is 10.0. The first-order valence-electron chi connectivity index (χ1n) is 5.68. The minimum atomic E-state index is -0.403. The molecule has 1 heterocycles. The summed E-state index contributed by atoms with van der Waals surface area (Å²) in [5, 5.41) is 0. The summed E-state index contributed by atoms with van der Waals surface area (Å²) < 4.78 is 0. The monoisotopic (exact) mass is 212 g/mol. The zero-order chi connectivity index (χ0) is 11.4. The fourth-order valence-corrected chi connectivity index (χ4v) is 2.29. The molecule has 1 rings (SSSR count). The van der Waals surface area contributed by atoms with Gasteiger partial charge in [-0.3, -0.25) is 9.59 Å². The Morgan fingerprint density at radius 1 is 1.60 bits per heavy atom. The molecular formula is C11H20N2O2. The number of likely N-dealkylation sites (tertiary alicyclic amines) is 1. The van der Waals surface area contributed by atoms with Crippen LogP contribution in [0.3, 0.4) is 0 Å². The van der Waals surface area contributed by atoms with Crippen LogP contribution in [-0.2, 0) is 9.59 Å². The molecule has 0 aromatic heterocycles. The van der Waals surface area contributed by atoms with Gasteiger partial charge in [-0.05, 0) is 18.8 Å². The van der Waals surface area contributed by atoms with Crippen LogP contribution in [0.4, 0.5) is 0 Å². The predicted octanol–water partition coefficient (Wildman–Crippen LogP) is 0.899. The van der Waals surface area contributed by atoms with Crippen LogP contribution in [0.1, 0.15) is 39.5 Å². The molecular weight excluding hydrogens is 192 g/mol. The first-order chi connectivity index (χ1) is 7.10. The van der Waals surface area contributed by atoms with E-state index in [4.69, 9.17) is 5.73 Å². The number of hydrogen-bond acceptors (Lipinski definition) is 2. The van der Waals surface area contributed by atoms with E-state index in [1.165, 1.54) is 0 Å². The second-order valence-corrected chi connectivity index (χ2v) is 4.23. The van der Waals surface area contributed by atoms with E-state index in [0.29, 0.717) is 25.3 Å². The second-order valence-electron chi connectivity index (χ2n) is 4.23. The molecule has 1 saturated heterocycles. The first-order valence-corrected chi connectivity index (χ1v) is 5.68. The van der Waals surface area contributed by atoms with Crippen molar-refractivity contribution in [2.45, 2.75) is 45.6 Å². The largest absolute Gasteiger partial charge is 0.368 e. The molecule has 0 saturated carbocycles. The van der Waals surface area contributed by atoms with Gasteiger partial charge in [-0.15, -0.1) is 0 Å². The zero-order valence-electron chi connectivity index (χ0n) is 9.53. The van der Waals surface area contributed by atoms with E-state index < -0.39 is 6.04 Å². The Balaban J connectivity index is 2.63. The SMILES string of the molecule is CCC[C@H]1CC(=O)N(C(CC)C(N)=O)C1. The van der Waals surface area contributed by atoms with Gasteiger partial charge in [-0.2, -0.15) is 0 Å². The van der Waals surface area contributed by atoms with Crippen molar-refractivity contribution < 1.29 is 9.59 Å². The lowest BCUT2D eigenvalue weighted by Gasteiger charge is -2.24. The smallest absolute Gasteiger partial charge is 0.240 e. The van der Waals surface area contributed by atoms with E-state index in [9.17, 15) is 9.59 Å². The summed E-state index contributed by atoms with van der Waals surface area (Å²) in [7, 11) is 0. The molecule has 1 fully saturated rings. The first kappa shape index (κ1) is 12.0. The van der Waals surface area contributed by atoms with Crippen LogP contribution in [0.15, 0.2) is 0 Å². The number of carbonyl (C=O) groups excluding carboxylic acids is 2. The minimum Gasteiger partial charge on any atom is -0.368 e. The highest BCUT2D eigenvalue weighted by Gasteiger charge is 2.35. The minimum absolute atomic E-state index is 0.0825. The number of rotatable bonds is 5. The van der Waals surface area contributed by atoms with Crippen LogP contribution in [0, 0.1) is 5.92 Å². The lowest BCUT2D eigenvalue weighted by Crippen LogP contribution is -2.45. The van der Waals surface area contributed by atoms with E-state index in [2.05, 4.69) is 6.92 Å². The Morgan fingerprint density at radius 3 is 2.73 bits per heavy atom. The molecule has 2 atom stereocenters. The maximum Gasteiger partial charge on any atom is 0.240 e. The van der Waals surface area contributed by atoms with Gasteiger partial charge in [0.2, 0.25) is 11.8 Å². The quantitative estimate of drug-likeness (QED) is 0.736. The van der Waals surface area contributed by atoms with Gasteiger partial charge in [0.05, 0.1) is 0 Å². The Bertz CT molecular complexity index is 253. The topological polar surface area (TPSA) is 63.4 Å². The maximum absolute atomic E-state index is 11.7. The molecule has 0 spiro atoms. The standard InChI is InChI=1S/C11H20N2O2/c1-3-5-8-6-10(14)13(7-8)9(4-2)11(12)15/h8-9H,3-7H2,1-2H3,(H2,12,15)/t8-,9?/m0/s1. The van der Waals surface area contributed by atoms with Gasteiger partial charge in [0.15, 0.2) is 0 Å².